The molecule has 1 aromatic heterocycles. The molecule has 5 nitrogen and oxygen atoms in total. The molecular formula is C19H4Cl10O5. The molecule has 2 aromatic carbocycles. The summed E-state index contributed by atoms with van der Waals surface area (Å²) in [4.78, 5) is 24.0. The summed E-state index contributed by atoms with van der Waals surface area (Å²) in [5.41, 5.74) is -1.04. The van der Waals surface area contributed by atoms with Crippen molar-refractivity contribution in [3.63, 3.8) is 0 Å². The zero-order valence-corrected chi connectivity index (χ0v) is 23.1. The first-order valence-corrected chi connectivity index (χ1v) is 12.1. The van der Waals surface area contributed by atoms with Gasteiger partial charge in [-0.1, -0.05) is 116 Å². The van der Waals surface area contributed by atoms with Gasteiger partial charge in [-0.05, 0) is 0 Å². The van der Waals surface area contributed by atoms with Crippen molar-refractivity contribution in [2.75, 3.05) is 0 Å². The highest BCUT2D eigenvalue weighted by Gasteiger charge is 2.39. The second kappa shape index (κ2) is 10.5. The molecule has 0 atom stereocenters. The Balaban J connectivity index is 2.56. The van der Waals surface area contributed by atoms with E-state index in [2.05, 4.69) is 0 Å². The molecule has 3 rings (SSSR count). The van der Waals surface area contributed by atoms with Crippen molar-refractivity contribution in [3.8, 4) is 22.5 Å². The maximum absolute atomic E-state index is 12.0. The monoisotopic (exact) mass is 662 g/mol. The number of rotatable bonds is 5. The van der Waals surface area contributed by atoms with Crippen molar-refractivity contribution >= 4 is 128 Å². The molecule has 0 aliphatic rings. The summed E-state index contributed by atoms with van der Waals surface area (Å²) in [6.07, 6.45) is 0.972. The lowest BCUT2D eigenvalue weighted by atomic mass is 9.90. The molecular weight excluding hydrogens is 663 g/mol. The molecule has 0 spiro atoms. The number of aliphatic carboxylic acids is 2. The van der Waals surface area contributed by atoms with Crippen LogP contribution < -0.4 is 0 Å². The number of hydrogen-bond donors (Lipinski definition) is 2. The minimum absolute atomic E-state index is 0.154. The molecule has 0 aliphatic heterocycles. The molecule has 1 heterocycles. The standard InChI is InChI=1S/C19H4Cl10O5/c20-7-4(8(21)12(25)15(28)11(7)24)2-1-34-17(3(2)5(18(30)31)19(32)33)6-9(22)13(26)16(29)14(27)10(6)23/h1,5H,(H,30,31)(H,32,33). The third kappa shape index (κ3) is 4.54. The Labute approximate surface area is 240 Å². The largest absolute Gasteiger partial charge is 0.480 e. The molecule has 0 radical (unpaired) electrons. The summed E-state index contributed by atoms with van der Waals surface area (Å²) in [7, 11) is 0. The van der Waals surface area contributed by atoms with Gasteiger partial charge >= 0.3 is 11.9 Å². The van der Waals surface area contributed by atoms with Crippen LogP contribution in [-0.4, -0.2) is 22.2 Å². The second-order valence-corrected chi connectivity index (χ2v) is 10.2. The number of carboxylic acid groups (broad SMARTS) is 2. The smallest absolute Gasteiger partial charge is 0.322 e. The van der Waals surface area contributed by atoms with Gasteiger partial charge in [0.25, 0.3) is 0 Å². The fourth-order valence-electron chi connectivity index (χ4n) is 3.04. The van der Waals surface area contributed by atoms with E-state index in [1.807, 2.05) is 0 Å². The maximum atomic E-state index is 12.0. The van der Waals surface area contributed by atoms with Crippen LogP contribution in [0.4, 0.5) is 0 Å². The van der Waals surface area contributed by atoms with E-state index in [0.29, 0.717) is 0 Å². The molecule has 0 saturated carbocycles. The molecule has 180 valence electrons. The third-order valence-corrected chi connectivity index (χ3v) is 9.08. The molecule has 0 saturated heterocycles. The number of benzene rings is 2. The normalized spacial score (nSPS) is 11.4. The zero-order valence-electron chi connectivity index (χ0n) is 15.6. The molecule has 3 aromatic rings. The summed E-state index contributed by atoms with van der Waals surface area (Å²) in [6.45, 7) is 0. The topological polar surface area (TPSA) is 87.7 Å². The summed E-state index contributed by atoms with van der Waals surface area (Å²) in [5, 5.41) is 17.1. The lowest BCUT2D eigenvalue weighted by Gasteiger charge is -2.17. The Morgan fingerprint density at radius 3 is 1.26 bits per heavy atom. The average molecular weight is 667 g/mol. The van der Waals surface area contributed by atoms with Gasteiger partial charge in [-0.25, -0.2) is 0 Å². The molecule has 2 N–H and O–H groups in total. The fourth-order valence-corrected chi connectivity index (χ4v) is 5.69. The van der Waals surface area contributed by atoms with Gasteiger partial charge in [0.15, 0.2) is 5.92 Å². The van der Waals surface area contributed by atoms with Gasteiger partial charge in [-0.2, -0.15) is 0 Å². The first-order chi connectivity index (χ1) is 15.7. The Hall–Kier alpha value is -0.440. The van der Waals surface area contributed by atoms with Crippen molar-refractivity contribution < 1.29 is 24.2 Å². The molecule has 15 heteroatoms. The van der Waals surface area contributed by atoms with Crippen LogP contribution in [0, 0.1) is 0 Å². The lowest BCUT2D eigenvalue weighted by Crippen LogP contribution is -2.22. The van der Waals surface area contributed by atoms with Gasteiger partial charge in [0.2, 0.25) is 0 Å². The Bertz CT molecular complexity index is 1220. The molecule has 0 amide bonds. The van der Waals surface area contributed by atoms with Gasteiger partial charge in [-0.3, -0.25) is 9.59 Å². The van der Waals surface area contributed by atoms with E-state index >= 15 is 0 Å². The first kappa shape index (κ1) is 28.1. The number of carboxylic acids is 2. The van der Waals surface area contributed by atoms with Crippen molar-refractivity contribution in [2.45, 2.75) is 5.92 Å². The SMILES string of the molecule is O=C(O)C(C(=O)O)c1c(-c2c(Cl)c(Cl)c(Cl)c(Cl)c2Cl)coc1-c1c(Cl)c(Cl)c(Cl)c(Cl)c1Cl. The molecule has 0 fully saturated rings. The van der Waals surface area contributed by atoms with Crippen molar-refractivity contribution in [1.29, 1.82) is 0 Å². The minimum Gasteiger partial charge on any atom is -0.480 e. The number of carbonyl (C=O) groups is 2. The number of furan rings is 1. The van der Waals surface area contributed by atoms with Crippen LogP contribution in [0.2, 0.25) is 50.2 Å². The highest BCUT2D eigenvalue weighted by Crippen LogP contribution is 2.54. The van der Waals surface area contributed by atoms with Gasteiger partial charge in [-0.15, -0.1) is 0 Å². The van der Waals surface area contributed by atoms with E-state index in [0.717, 1.165) is 6.26 Å². The van der Waals surface area contributed by atoms with Gasteiger partial charge < -0.3 is 14.6 Å². The third-order valence-electron chi connectivity index (χ3n) is 4.53. The first-order valence-electron chi connectivity index (χ1n) is 8.34. The summed E-state index contributed by atoms with van der Waals surface area (Å²) in [5.74, 6) is -6.18. The van der Waals surface area contributed by atoms with Crippen molar-refractivity contribution in [1.82, 2.24) is 0 Å². The van der Waals surface area contributed by atoms with E-state index in [9.17, 15) is 19.8 Å². The molecule has 0 unspecified atom stereocenters. The predicted octanol–water partition coefficient (Wildman–Crippen LogP) is 10.4. The van der Waals surface area contributed by atoms with Crippen LogP contribution in [0.15, 0.2) is 10.7 Å². The molecule has 0 aliphatic carbocycles. The van der Waals surface area contributed by atoms with E-state index < -0.39 is 29.2 Å². The van der Waals surface area contributed by atoms with E-state index in [4.69, 9.17) is 120 Å². The van der Waals surface area contributed by atoms with Crippen LogP contribution in [0.3, 0.4) is 0 Å². The quantitative estimate of drug-likeness (QED) is 0.161. The molecule has 0 bridgehead atoms. The van der Waals surface area contributed by atoms with Crippen LogP contribution in [0.1, 0.15) is 11.5 Å². The van der Waals surface area contributed by atoms with E-state index in [-0.39, 0.29) is 66.9 Å². The summed E-state index contributed by atoms with van der Waals surface area (Å²) in [6, 6.07) is 0. The Morgan fingerprint density at radius 1 is 0.588 bits per heavy atom. The van der Waals surface area contributed by atoms with Gasteiger partial charge in [0.1, 0.15) is 5.76 Å². The lowest BCUT2D eigenvalue weighted by molar-refractivity contribution is -0.150. The summed E-state index contributed by atoms with van der Waals surface area (Å²) < 4.78 is 5.56. The maximum Gasteiger partial charge on any atom is 0.322 e. The van der Waals surface area contributed by atoms with Crippen LogP contribution in [-0.2, 0) is 9.59 Å². The molecule has 34 heavy (non-hydrogen) atoms. The average Bonchev–Trinajstić information content (AvgIpc) is 3.17. The second-order valence-electron chi connectivity index (χ2n) is 6.39. The Morgan fingerprint density at radius 2 is 0.912 bits per heavy atom. The number of hydrogen-bond acceptors (Lipinski definition) is 3. The Kier molecular flexibility index (Phi) is 8.69. The van der Waals surface area contributed by atoms with Gasteiger partial charge in [0, 0.05) is 16.7 Å². The van der Waals surface area contributed by atoms with E-state index in [1.165, 1.54) is 0 Å². The fraction of sp³-hybridized carbons (Fsp3) is 0.0526. The summed E-state index contributed by atoms with van der Waals surface area (Å²) >= 11 is 61.8. The van der Waals surface area contributed by atoms with Crippen LogP contribution in [0.25, 0.3) is 22.5 Å². The van der Waals surface area contributed by atoms with Gasteiger partial charge in [0.05, 0.1) is 62.1 Å². The highest BCUT2D eigenvalue weighted by molar-refractivity contribution is 6.57. The van der Waals surface area contributed by atoms with Crippen molar-refractivity contribution in [3.05, 3.63) is 62.1 Å². The van der Waals surface area contributed by atoms with Crippen LogP contribution in [0.5, 0.6) is 0 Å². The minimum atomic E-state index is -2.23. The highest BCUT2D eigenvalue weighted by atomic mass is 35.5. The predicted molar refractivity (Wildman–Crippen MR) is 138 cm³/mol. The zero-order chi connectivity index (χ0) is 25.8. The van der Waals surface area contributed by atoms with E-state index in [1.54, 1.807) is 0 Å². The van der Waals surface area contributed by atoms with Crippen LogP contribution >= 0.6 is 116 Å². The van der Waals surface area contributed by atoms with Crippen molar-refractivity contribution in [2.24, 2.45) is 0 Å². The number of halogens is 10.